The smallest absolute Gasteiger partial charge is 0.335 e. The summed E-state index contributed by atoms with van der Waals surface area (Å²) in [5.41, 5.74) is 1.94. The maximum Gasteiger partial charge on any atom is 0.335 e. The number of anilines is 1. The van der Waals surface area contributed by atoms with Gasteiger partial charge in [-0.25, -0.2) is 4.79 Å². The second kappa shape index (κ2) is 12.0. The van der Waals surface area contributed by atoms with Gasteiger partial charge in [-0.05, 0) is 49.2 Å². The number of nitrogens with zero attached hydrogens (tertiary/aromatic N) is 2. The summed E-state index contributed by atoms with van der Waals surface area (Å²) in [5, 5.41) is 8.98. The van der Waals surface area contributed by atoms with E-state index in [2.05, 4.69) is 16.8 Å². The van der Waals surface area contributed by atoms with Crippen molar-refractivity contribution < 1.29 is 19.1 Å². The van der Waals surface area contributed by atoms with Crippen molar-refractivity contribution in [2.45, 2.75) is 51.9 Å². The van der Waals surface area contributed by atoms with Crippen LogP contribution in [0, 0.1) is 0 Å². The van der Waals surface area contributed by atoms with Gasteiger partial charge in [-0.15, -0.1) is 0 Å². The molecule has 6 nitrogen and oxygen atoms in total. The molecule has 0 saturated heterocycles. The van der Waals surface area contributed by atoms with Gasteiger partial charge in [0, 0.05) is 13.1 Å². The van der Waals surface area contributed by atoms with Gasteiger partial charge in [0.2, 0.25) is 0 Å². The van der Waals surface area contributed by atoms with E-state index in [0.29, 0.717) is 18.4 Å². The van der Waals surface area contributed by atoms with Crippen LogP contribution in [0.5, 0.6) is 5.75 Å². The summed E-state index contributed by atoms with van der Waals surface area (Å²) in [6.07, 6.45) is 8.27. The van der Waals surface area contributed by atoms with Gasteiger partial charge in [-0.3, -0.25) is 0 Å². The SMILES string of the molecule is CCCCCCCCN(CCCOc1ccc(C(=O)O)cc1)c1nc2ccccc2o1. The third-order valence-corrected chi connectivity index (χ3v) is 5.28. The molecular formula is C25H32N2O4. The van der Waals surface area contributed by atoms with Crippen molar-refractivity contribution in [3.05, 3.63) is 54.1 Å². The lowest BCUT2D eigenvalue weighted by Gasteiger charge is -2.20. The Labute approximate surface area is 183 Å². The minimum absolute atomic E-state index is 0.258. The van der Waals surface area contributed by atoms with E-state index < -0.39 is 5.97 Å². The first-order valence-corrected chi connectivity index (χ1v) is 11.2. The summed E-state index contributed by atoms with van der Waals surface area (Å²) in [5.74, 6) is -0.260. The highest BCUT2D eigenvalue weighted by molar-refractivity contribution is 5.87. The molecule has 166 valence electrons. The van der Waals surface area contributed by atoms with Crippen molar-refractivity contribution in [3.63, 3.8) is 0 Å². The van der Waals surface area contributed by atoms with Crippen LogP contribution in [0.15, 0.2) is 52.9 Å². The van der Waals surface area contributed by atoms with Crippen molar-refractivity contribution in [3.8, 4) is 5.75 Å². The molecule has 0 radical (unpaired) electrons. The Bertz CT molecular complexity index is 903. The number of unbranched alkanes of at least 4 members (excludes halogenated alkanes) is 5. The van der Waals surface area contributed by atoms with Crippen molar-refractivity contribution in [1.82, 2.24) is 4.98 Å². The zero-order valence-corrected chi connectivity index (χ0v) is 18.3. The van der Waals surface area contributed by atoms with E-state index in [1.165, 1.54) is 32.1 Å². The molecule has 6 heteroatoms. The van der Waals surface area contributed by atoms with Crippen molar-refractivity contribution >= 4 is 23.1 Å². The van der Waals surface area contributed by atoms with E-state index >= 15 is 0 Å². The molecule has 31 heavy (non-hydrogen) atoms. The number of aromatic carboxylic acids is 1. The lowest BCUT2D eigenvalue weighted by molar-refractivity contribution is 0.0697. The molecule has 0 amide bonds. The van der Waals surface area contributed by atoms with Crippen molar-refractivity contribution in [2.75, 3.05) is 24.6 Å². The molecular weight excluding hydrogens is 392 g/mol. The van der Waals surface area contributed by atoms with Gasteiger partial charge in [0.25, 0.3) is 6.01 Å². The van der Waals surface area contributed by atoms with Crippen LogP contribution in [0.2, 0.25) is 0 Å². The normalized spacial score (nSPS) is 11.0. The Kier molecular flexibility index (Phi) is 8.76. The number of benzene rings is 2. The topological polar surface area (TPSA) is 75.8 Å². The van der Waals surface area contributed by atoms with E-state index in [0.717, 1.165) is 37.0 Å². The van der Waals surface area contributed by atoms with Gasteiger partial charge in [-0.1, -0.05) is 51.2 Å². The van der Waals surface area contributed by atoms with Crippen LogP contribution in [0.4, 0.5) is 6.01 Å². The summed E-state index contributed by atoms with van der Waals surface area (Å²) in [6, 6.07) is 15.0. The molecule has 3 rings (SSSR count). The van der Waals surface area contributed by atoms with Gasteiger partial charge in [0.1, 0.15) is 11.3 Å². The number of hydrogen-bond acceptors (Lipinski definition) is 5. The zero-order chi connectivity index (χ0) is 21.9. The lowest BCUT2D eigenvalue weighted by atomic mass is 10.1. The van der Waals surface area contributed by atoms with Gasteiger partial charge >= 0.3 is 5.97 Å². The number of carboxylic acid groups (broad SMARTS) is 1. The first-order valence-electron chi connectivity index (χ1n) is 11.2. The molecule has 0 aliphatic heterocycles. The average Bonchev–Trinajstić information content (AvgIpc) is 3.22. The highest BCUT2D eigenvalue weighted by Gasteiger charge is 2.14. The van der Waals surface area contributed by atoms with E-state index in [9.17, 15) is 4.79 Å². The number of carboxylic acids is 1. The number of carbonyl (C=O) groups is 1. The molecule has 0 saturated carbocycles. The number of aromatic nitrogens is 1. The fourth-order valence-corrected chi connectivity index (χ4v) is 3.52. The van der Waals surface area contributed by atoms with E-state index in [1.54, 1.807) is 24.3 Å². The molecule has 0 spiro atoms. The Balaban J connectivity index is 1.52. The van der Waals surface area contributed by atoms with E-state index in [4.69, 9.17) is 14.3 Å². The number of para-hydroxylation sites is 2. The number of ether oxygens (including phenoxy) is 1. The molecule has 1 N–H and O–H groups in total. The van der Waals surface area contributed by atoms with Crippen LogP contribution >= 0.6 is 0 Å². The molecule has 1 heterocycles. The fraction of sp³-hybridized carbons (Fsp3) is 0.440. The maximum atomic E-state index is 10.9. The largest absolute Gasteiger partial charge is 0.494 e. The standard InChI is InChI=1S/C25H32N2O4/c1-2-3-4-5-6-9-17-27(25-26-22-11-7-8-12-23(22)31-25)18-10-19-30-21-15-13-20(14-16-21)24(28)29/h7-8,11-16H,2-6,9-10,17-19H2,1H3,(H,28,29). The monoisotopic (exact) mass is 424 g/mol. The van der Waals surface area contributed by atoms with Crippen LogP contribution in [0.25, 0.3) is 11.1 Å². The summed E-state index contributed by atoms with van der Waals surface area (Å²) < 4.78 is 11.8. The van der Waals surface area contributed by atoms with E-state index in [1.807, 2.05) is 24.3 Å². The Morgan fingerprint density at radius 3 is 2.42 bits per heavy atom. The predicted octanol–water partition coefficient (Wildman–Crippen LogP) is 6.16. The van der Waals surface area contributed by atoms with Crippen LogP contribution in [0.1, 0.15) is 62.2 Å². The molecule has 0 unspecified atom stereocenters. The summed E-state index contributed by atoms with van der Waals surface area (Å²) >= 11 is 0. The molecule has 0 fully saturated rings. The second-order valence-corrected chi connectivity index (χ2v) is 7.75. The fourth-order valence-electron chi connectivity index (χ4n) is 3.52. The highest BCUT2D eigenvalue weighted by atomic mass is 16.5. The van der Waals surface area contributed by atoms with Gasteiger partial charge in [0.05, 0.1) is 12.2 Å². The van der Waals surface area contributed by atoms with Crippen molar-refractivity contribution in [2.24, 2.45) is 0 Å². The highest BCUT2D eigenvalue weighted by Crippen LogP contribution is 2.22. The van der Waals surface area contributed by atoms with Crippen LogP contribution in [-0.4, -0.2) is 35.8 Å². The minimum Gasteiger partial charge on any atom is -0.494 e. The summed E-state index contributed by atoms with van der Waals surface area (Å²) in [4.78, 5) is 17.8. The quantitative estimate of drug-likeness (QED) is 0.312. The number of fused-ring (bicyclic) bond motifs is 1. The molecule has 3 aromatic rings. The van der Waals surface area contributed by atoms with Crippen LogP contribution in [-0.2, 0) is 0 Å². The van der Waals surface area contributed by atoms with Gasteiger partial charge < -0.3 is 19.2 Å². The molecule has 2 aromatic carbocycles. The van der Waals surface area contributed by atoms with Crippen LogP contribution in [0.3, 0.4) is 0 Å². The summed E-state index contributed by atoms with van der Waals surface area (Å²) in [7, 11) is 0. The minimum atomic E-state index is -0.935. The Morgan fingerprint density at radius 2 is 1.68 bits per heavy atom. The van der Waals surface area contributed by atoms with Gasteiger partial charge in [0.15, 0.2) is 5.58 Å². The van der Waals surface area contributed by atoms with Gasteiger partial charge in [-0.2, -0.15) is 4.98 Å². The zero-order valence-electron chi connectivity index (χ0n) is 18.3. The molecule has 0 bridgehead atoms. The summed E-state index contributed by atoms with van der Waals surface area (Å²) in [6.45, 7) is 4.47. The predicted molar refractivity (Wildman–Crippen MR) is 123 cm³/mol. The third-order valence-electron chi connectivity index (χ3n) is 5.28. The number of hydrogen-bond donors (Lipinski definition) is 1. The molecule has 1 aromatic heterocycles. The third kappa shape index (κ3) is 7.02. The second-order valence-electron chi connectivity index (χ2n) is 7.75. The first-order chi connectivity index (χ1) is 15.2. The average molecular weight is 425 g/mol. The Morgan fingerprint density at radius 1 is 0.968 bits per heavy atom. The lowest BCUT2D eigenvalue weighted by Crippen LogP contribution is -2.27. The van der Waals surface area contributed by atoms with E-state index in [-0.39, 0.29) is 5.56 Å². The molecule has 0 aliphatic rings. The number of oxazole rings is 1. The number of rotatable bonds is 14. The van der Waals surface area contributed by atoms with Crippen molar-refractivity contribution in [1.29, 1.82) is 0 Å². The first kappa shape index (κ1) is 22.7. The molecule has 0 aliphatic carbocycles. The van der Waals surface area contributed by atoms with Crippen LogP contribution < -0.4 is 9.64 Å². The Hall–Kier alpha value is -3.02. The molecule has 0 atom stereocenters. The maximum absolute atomic E-state index is 10.9.